The van der Waals surface area contributed by atoms with Crippen molar-refractivity contribution in [1.29, 1.82) is 0 Å². The molecule has 0 bridgehead atoms. The van der Waals surface area contributed by atoms with Crippen molar-refractivity contribution in [3.8, 4) is 0 Å². The second kappa shape index (κ2) is 5.16. The van der Waals surface area contributed by atoms with Gasteiger partial charge in [0, 0.05) is 12.6 Å². The molecular weight excluding hydrogens is 208 g/mol. The van der Waals surface area contributed by atoms with E-state index in [1.807, 2.05) is 27.7 Å². The van der Waals surface area contributed by atoms with Crippen molar-refractivity contribution < 1.29 is 9.59 Å². The summed E-state index contributed by atoms with van der Waals surface area (Å²) < 4.78 is 0. The van der Waals surface area contributed by atoms with Crippen molar-refractivity contribution in [2.75, 3.05) is 13.1 Å². The Labute approximate surface area is 96.0 Å². The van der Waals surface area contributed by atoms with Gasteiger partial charge < -0.3 is 5.32 Å². The van der Waals surface area contributed by atoms with Gasteiger partial charge in [0.05, 0.1) is 0 Å². The van der Waals surface area contributed by atoms with Crippen molar-refractivity contribution in [2.24, 2.45) is 0 Å². The average Bonchev–Trinajstić information content (AvgIpc) is 2.17. The smallest absolute Gasteiger partial charge is 0.304 e. The third-order valence-corrected chi connectivity index (χ3v) is 2.50. The van der Waals surface area contributed by atoms with Gasteiger partial charge >= 0.3 is 12.1 Å². The second-order valence-electron chi connectivity index (χ2n) is 3.94. The predicted octanol–water partition coefficient (Wildman–Crippen LogP) is 0.755. The highest BCUT2D eigenvalue weighted by atomic mass is 16.2. The predicted molar refractivity (Wildman–Crippen MR) is 60.7 cm³/mol. The molecule has 1 aliphatic rings. The zero-order chi connectivity index (χ0) is 12.3. The van der Waals surface area contributed by atoms with Gasteiger partial charge in [0.1, 0.15) is 0 Å². The normalized spacial score (nSPS) is 21.7. The first-order valence-corrected chi connectivity index (χ1v) is 5.66. The highest BCUT2D eigenvalue weighted by molar-refractivity contribution is 5.96. The van der Waals surface area contributed by atoms with Crippen LogP contribution in [-0.2, 0) is 0 Å². The largest absolute Gasteiger partial charge is 0.331 e. The van der Waals surface area contributed by atoms with Gasteiger partial charge in [-0.1, -0.05) is 6.92 Å². The van der Waals surface area contributed by atoms with Gasteiger partial charge in [-0.3, -0.25) is 10.2 Å². The van der Waals surface area contributed by atoms with E-state index in [9.17, 15) is 9.59 Å². The number of imide groups is 1. The average molecular weight is 228 g/mol. The highest BCUT2D eigenvalue weighted by Crippen LogP contribution is 2.12. The summed E-state index contributed by atoms with van der Waals surface area (Å²) in [6.45, 7) is 8.70. The van der Waals surface area contributed by atoms with Crippen molar-refractivity contribution in [3.63, 3.8) is 0 Å². The lowest BCUT2D eigenvalue weighted by atomic mass is 10.3. The molecule has 4 amide bonds. The van der Waals surface area contributed by atoms with Crippen molar-refractivity contribution in [1.82, 2.24) is 20.4 Å². The summed E-state index contributed by atoms with van der Waals surface area (Å²) in [5.74, 6) is 0. The Hall–Kier alpha value is -1.30. The van der Waals surface area contributed by atoms with Crippen molar-refractivity contribution in [3.05, 3.63) is 0 Å². The summed E-state index contributed by atoms with van der Waals surface area (Å²) in [5, 5.41) is 5.81. The molecule has 0 aromatic carbocycles. The molecule has 0 aromatic heterocycles. The molecule has 0 radical (unpaired) electrons. The lowest BCUT2D eigenvalue weighted by Crippen LogP contribution is -2.70. The Balaban J connectivity index is 2.86. The van der Waals surface area contributed by atoms with Gasteiger partial charge in [0.25, 0.3) is 0 Å². The van der Waals surface area contributed by atoms with E-state index >= 15 is 0 Å². The van der Waals surface area contributed by atoms with E-state index in [0.29, 0.717) is 13.1 Å². The summed E-state index contributed by atoms with van der Waals surface area (Å²) >= 11 is 0. The van der Waals surface area contributed by atoms with Crippen molar-refractivity contribution >= 4 is 12.1 Å². The molecule has 1 fully saturated rings. The Morgan fingerprint density at radius 3 is 2.44 bits per heavy atom. The number of rotatable bonds is 4. The standard InChI is InChI=1S/C10H20N4O2/c1-5-11-8-12-9(15)14(7(3)4)10(16)13(8)6-2/h7-8,11H,5-6H2,1-4H3,(H,12,15). The fraction of sp³-hybridized carbons (Fsp3) is 0.800. The minimum atomic E-state index is -0.398. The van der Waals surface area contributed by atoms with E-state index in [2.05, 4.69) is 10.6 Å². The summed E-state index contributed by atoms with van der Waals surface area (Å²) in [5.41, 5.74) is 0. The van der Waals surface area contributed by atoms with E-state index < -0.39 is 6.29 Å². The van der Waals surface area contributed by atoms with Gasteiger partial charge in [-0.2, -0.15) is 0 Å². The zero-order valence-corrected chi connectivity index (χ0v) is 10.3. The molecule has 0 saturated carbocycles. The first kappa shape index (κ1) is 12.8. The summed E-state index contributed by atoms with van der Waals surface area (Å²) in [6.07, 6.45) is -0.398. The lowest BCUT2D eigenvalue weighted by Gasteiger charge is -2.42. The monoisotopic (exact) mass is 228 g/mol. The molecule has 6 heteroatoms. The van der Waals surface area contributed by atoms with Crippen LogP contribution in [0, 0.1) is 0 Å². The molecule has 0 spiro atoms. The fourth-order valence-corrected chi connectivity index (χ4v) is 1.73. The number of carbonyl (C=O) groups excluding carboxylic acids is 2. The maximum absolute atomic E-state index is 12.0. The number of urea groups is 2. The van der Waals surface area contributed by atoms with E-state index in [0.717, 1.165) is 0 Å². The quantitative estimate of drug-likeness (QED) is 0.746. The van der Waals surface area contributed by atoms with E-state index in [4.69, 9.17) is 0 Å². The van der Waals surface area contributed by atoms with Crippen LogP contribution in [0.2, 0.25) is 0 Å². The SMILES string of the molecule is CCNC1NC(=O)N(C(C)C)C(=O)N1CC. The molecule has 1 heterocycles. The van der Waals surface area contributed by atoms with E-state index in [-0.39, 0.29) is 18.1 Å². The molecule has 16 heavy (non-hydrogen) atoms. The van der Waals surface area contributed by atoms with Crippen molar-refractivity contribution in [2.45, 2.75) is 40.0 Å². The number of amides is 4. The molecule has 6 nitrogen and oxygen atoms in total. The minimum absolute atomic E-state index is 0.135. The molecule has 0 aliphatic carbocycles. The minimum Gasteiger partial charge on any atom is -0.304 e. The van der Waals surface area contributed by atoms with Gasteiger partial charge in [0.15, 0.2) is 6.29 Å². The Morgan fingerprint density at radius 1 is 1.38 bits per heavy atom. The molecule has 1 atom stereocenters. The number of hydrogen-bond donors (Lipinski definition) is 2. The molecule has 92 valence electrons. The van der Waals surface area contributed by atoms with Crippen LogP contribution in [0.4, 0.5) is 9.59 Å². The van der Waals surface area contributed by atoms with Gasteiger partial charge in [-0.05, 0) is 27.3 Å². The maximum Gasteiger partial charge on any atom is 0.331 e. The number of nitrogens with zero attached hydrogens (tertiary/aromatic N) is 2. The summed E-state index contributed by atoms with van der Waals surface area (Å²) in [7, 11) is 0. The lowest BCUT2D eigenvalue weighted by molar-refractivity contribution is 0.0852. The van der Waals surface area contributed by atoms with Gasteiger partial charge in [-0.15, -0.1) is 0 Å². The van der Waals surface area contributed by atoms with Gasteiger partial charge in [0.2, 0.25) is 0 Å². The molecule has 1 aliphatic heterocycles. The maximum atomic E-state index is 12.0. The molecule has 2 N–H and O–H groups in total. The Morgan fingerprint density at radius 2 is 2.00 bits per heavy atom. The topological polar surface area (TPSA) is 64.7 Å². The fourth-order valence-electron chi connectivity index (χ4n) is 1.73. The zero-order valence-electron chi connectivity index (χ0n) is 10.3. The van der Waals surface area contributed by atoms with Crippen LogP contribution in [-0.4, -0.2) is 47.3 Å². The van der Waals surface area contributed by atoms with Crippen LogP contribution >= 0.6 is 0 Å². The highest BCUT2D eigenvalue weighted by Gasteiger charge is 2.38. The van der Waals surface area contributed by atoms with Crippen LogP contribution in [0.5, 0.6) is 0 Å². The Kier molecular flexibility index (Phi) is 4.12. The van der Waals surface area contributed by atoms with E-state index in [1.54, 1.807) is 4.90 Å². The van der Waals surface area contributed by atoms with Crippen LogP contribution in [0.25, 0.3) is 0 Å². The molecule has 0 aromatic rings. The number of nitrogens with one attached hydrogen (secondary N) is 2. The van der Waals surface area contributed by atoms with Gasteiger partial charge in [-0.25, -0.2) is 14.5 Å². The summed E-state index contributed by atoms with van der Waals surface area (Å²) in [6, 6.07) is -0.716. The molecular formula is C10H20N4O2. The third-order valence-electron chi connectivity index (χ3n) is 2.50. The number of hydrogen-bond acceptors (Lipinski definition) is 3. The number of carbonyl (C=O) groups is 2. The van der Waals surface area contributed by atoms with Crippen LogP contribution < -0.4 is 10.6 Å². The molecule has 1 unspecified atom stereocenters. The third kappa shape index (κ3) is 2.27. The van der Waals surface area contributed by atoms with E-state index in [1.165, 1.54) is 4.90 Å². The second-order valence-corrected chi connectivity index (χ2v) is 3.94. The van der Waals surface area contributed by atoms with Crippen LogP contribution in [0.1, 0.15) is 27.7 Å². The first-order chi connectivity index (χ1) is 7.52. The molecule has 1 saturated heterocycles. The van der Waals surface area contributed by atoms with Crippen LogP contribution in [0.15, 0.2) is 0 Å². The molecule has 1 rings (SSSR count). The first-order valence-electron chi connectivity index (χ1n) is 5.66. The van der Waals surface area contributed by atoms with Crippen LogP contribution in [0.3, 0.4) is 0 Å². The Bertz CT molecular complexity index is 280. The summed E-state index contributed by atoms with van der Waals surface area (Å²) in [4.78, 5) is 26.6.